The van der Waals surface area contributed by atoms with E-state index in [0.29, 0.717) is 22.7 Å². The Kier molecular flexibility index (Phi) is 5.45. The van der Waals surface area contributed by atoms with Crippen molar-refractivity contribution < 1.29 is 24.3 Å². The number of halogens is 1. The molecule has 9 heteroatoms. The van der Waals surface area contributed by atoms with Crippen LogP contribution in [0.15, 0.2) is 42.5 Å². The molecule has 3 amide bonds. The highest BCUT2D eigenvalue weighted by atomic mass is 35.5. The zero-order valence-electron chi connectivity index (χ0n) is 18.5. The molecule has 1 spiro atoms. The van der Waals surface area contributed by atoms with Crippen LogP contribution in [0.1, 0.15) is 29.5 Å². The molecule has 0 saturated carbocycles. The molecule has 2 unspecified atom stereocenters. The maximum absolute atomic E-state index is 13.7. The zero-order chi connectivity index (χ0) is 24.2. The van der Waals surface area contributed by atoms with E-state index < -0.39 is 41.2 Å². The third-order valence-corrected chi connectivity index (χ3v) is 7.45. The van der Waals surface area contributed by atoms with Crippen molar-refractivity contribution in [2.75, 3.05) is 11.9 Å². The number of aryl methyl sites for hydroxylation is 1. The van der Waals surface area contributed by atoms with Crippen molar-refractivity contribution >= 4 is 41.0 Å². The Morgan fingerprint density at radius 1 is 1.15 bits per heavy atom. The number of rotatable bonds is 6. The number of benzene rings is 2. The number of hydrogen-bond donors (Lipinski definition) is 3. The van der Waals surface area contributed by atoms with Crippen LogP contribution in [0, 0.1) is 18.8 Å². The van der Waals surface area contributed by atoms with Crippen molar-refractivity contribution in [1.82, 2.24) is 10.2 Å². The van der Waals surface area contributed by atoms with Gasteiger partial charge in [-0.1, -0.05) is 48.0 Å². The molecule has 2 aromatic rings. The number of carboxylic acids is 1. The Morgan fingerprint density at radius 2 is 1.88 bits per heavy atom. The molecule has 0 aromatic heterocycles. The molecule has 5 rings (SSSR count). The summed E-state index contributed by atoms with van der Waals surface area (Å²) >= 11 is 6.41. The molecule has 2 fully saturated rings. The molecule has 3 aliphatic rings. The first kappa shape index (κ1) is 22.6. The number of aliphatic carboxylic acids is 1. The molecule has 2 aromatic carbocycles. The first-order valence-electron chi connectivity index (χ1n) is 11.2. The van der Waals surface area contributed by atoms with Crippen molar-refractivity contribution in [3.8, 4) is 0 Å². The number of nitrogens with one attached hydrogen (secondary N) is 2. The first-order valence-corrected chi connectivity index (χ1v) is 11.6. The van der Waals surface area contributed by atoms with Gasteiger partial charge in [-0.05, 0) is 37.0 Å². The maximum atomic E-state index is 13.7. The topological polar surface area (TPSA) is 116 Å². The fraction of sp³-hybridized carbons (Fsp3) is 0.360. The van der Waals surface area contributed by atoms with Gasteiger partial charge in [-0.3, -0.25) is 29.4 Å². The summed E-state index contributed by atoms with van der Waals surface area (Å²) in [5.74, 6) is -4.06. The van der Waals surface area contributed by atoms with Gasteiger partial charge in [0.05, 0.1) is 22.5 Å². The van der Waals surface area contributed by atoms with Crippen LogP contribution >= 0.6 is 11.6 Å². The third kappa shape index (κ3) is 3.32. The molecule has 0 bridgehead atoms. The number of likely N-dealkylation sites (tertiary alicyclic amines) is 1. The van der Waals surface area contributed by atoms with Crippen molar-refractivity contribution in [3.05, 3.63) is 64.2 Å². The summed E-state index contributed by atoms with van der Waals surface area (Å²) in [6.07, 6.45) is 0.420. The van der Waals surface area contributed by atoms with Gasteiger partial charge in [-0.25, -0.2) is 0 Å². The van der Waals surface area contributed by atoms with Crippen molar-refractivity contribution in [2.24, 2.45) is 11.8 Å². The summed E-state index contributed by atoms with van der Waals surface area (Å²) in [7, 11) is 0. The average Bonchev–Trinajstić information content (AvgIpc) is 3.37. The van der Waals surface area contributed by atoms with Crippen LogP contribution in [0.3, 0.4) is 0 Å². The summed E-state index contributed by atoms with van der Waals surface area (Å²) in [6, 6.07) is 12.4. The van der Waals surface area contributed by atoms with Crippen LogP contribution in [-0.2, 0) is 31.1 Å². The second kappa shape index (κ2) is 8.21. The lowest BCUT2D eigenvalue weighted by atomic mass is 9.76. The van der Waals surface area contributed by atoms with E-state index in [4.69, 9.17) is 11.6 Å². The largest absolute Gasteiger partial charge is 0.481 e. The molecule has 0 radical (unpaired) electrons. The molecule has 2 saturated heterocycles. The van der Waals surface area contributed by atoms with Gasteiger partial charge in [0, 0.05) is 24.6 Å². The number of carbonyl (C=O) groups excluding carboxylic acids is 3. The molecule has 34 heavy (non-hydrogen) atoms. The van der Waals surface area contributed by atoms with Crippen molar-refractivity contribution in [3.63, 3.8) is 0 Å². The summed E-state index contributed by atoms with van der Waals surface area (Å²) < 4.78 is 0. The predicted molar refractivity (Wildman–Crippen MR) is 124 cm³/mol. The highest BCUT2D eigenvalue weighted by Gasteiger charge is 2.70. The van der Waals surface area contributed by atoms with Crippen LogP contribution in [0.25, 0.3) is 0 Å². The summed E-state index contributed by atoms with van der Waals surface area (Å²) in [4.78, 5) is 53.2. The lowest BCUT2D eigenvalue weighted by Gasteiger charge is -2.29. The van der Waals surface area contributed by atoms with Gasteiger partial charge in [-0.15, -0.1) is 0 Å². The fourth-order valence-electron chi connectivity index (χ4n) is 5.69. The number of anilines is 1. The SMILES string of the molecule is Cc1cc(Cl)c2c(c1)C1(NC(CCC(=O)O)[C@H]3C(=O)N(CCc4ccccc4)C(=O)[C@H]31)C(=O)N2. The molecule has 176 valence electrons. The summed E-state index contributed by atoms with van der Waals surface area (Å²) in [5, 5.41) is 15.6. The third-order valence-electron chi connectivity index (χ3n) is 7.15. The van der Waals surface area contributed by atoms with Crippen LogP contribution in [0.5, 0.6) is 0 Å². The Balaban J connectivity index is 1.55. The molecule has 3 N–H and O–H groups in total. The maximum Gasteiger partial charge on any atom is 0.303 e. The standard InChI is InChI=1S/C25H24ClN3O5/c1-13-11-15-21(16(26)12-13)27-24(34)25(15)20-19(17(28-25)7-8-18(30)31)22(32)29(23(20)33)10-9-14-5-3-2-4-6-14/h2-6,11-12,17,19-20,28H,7-10H2,1H3,(H,27,34)(H,30,31)/t17?,19-,20+,25?/m1/s1. The first-order chi connectivity index (χ1) is 16.2. The van der Waals surface area contributed by atoms with Crippen LogP contribution < -0.4 is 10.6 Å². The van der Waals surface area contributed by atoms with E-state index in [-0.39, 0.29) is 25.3 Å². The number of hydrogen-bond acceptors (Lipinski definition) is 5. The molecule has 4 atom stereocenters. The molecule has 3 heterocycles. The van der Waals surface area contributed by atoms with Crippen molar-refractivity contribution in [1.29, 1.82) is 0 Å². The molecule has 8 nitrogen and oxygen atoms in total. The van der Waals surface area contributed by atoms with E-state index in [2.05, 4.69) is 10.6 Å². The Bertz CT molecular complexity index is 1220. The minimum absolute atomic E-state index is 0.117. The minimum Gasteiger partial charge on any atom is -0.481 e. The monoisotopic (exact) mass is 481 g/mol. The zero-order valence-corrected chi connectivity index (χ0v) is 19.3. The molecular weight excluding hydrogens is 458 g/mol. The van der Waals surface area contributed by atoms with E-state index in [1.54, 1.807) is 12.1 Å². The number of amides is 3. The number of carboxylic acid groups (broad SMARTS) is 1. The van der Waals surface area contributed by atoms with Gasteiger partial charge >= 0.3 is 5.97 Å². The number of imide groups is 1. The quantitative estimate of drug-likeness (QED) is 0.546. The second-order valence-corrected chi connectivity index (χ2v) is 9.59. The predicted octanol–water partition coefficient (Wildman–Crippen LogP) is 2.48. The van der Waals surface area contributed by atoms with Gasteiger partial charge in [0.1, 0.15) is 5.54 Å². The smallest absolute Gasteiger partial charge is 0.303 e. The van der Waals surface area contributed by atoms with Gasteiger partial charge in [-0.2, -0.15) is 0 Å². The van der Waals surface area contributed by atoms with E-state index in [9.17, 15) is 24.3 Å². The summed E-state index contributed by atoms with van der Waals surface area (Å²) in [5.41, 5.74) is 1.27. The van der Waals surface area contributed by atoms with Gasteiger partial charge in [0.15, 0.2) is 0 Å². The average molecular weight is 482 g/mol. The number of nitrogens with zero attached hydrogens (tertiary/aromatic N) is 1. The molecular formula is C25H24ClN3O5. The van der Waals surface area contributed by atoms with E-state index in [1.165, 1.54) is 4.90 Å². The van der Waals surface area contributed by atoms with Gasteiger partial charge < -0.3 is 10.4 Å². The van der Waals surface area contributed by atoms with Crippen LogP contribution in [-0.4, -0.2) is 46.3 Å². The summed E-state index contributed by atoms with van der Waals surface area (Å²) in [6.45, 7) is 2.03. The van der Waals surface area contributed by atoms with Crippen LogP contribution in [0.4, 0.5) is 5.69 Å². The molecule has 0 aliphatic carbocycles. The second-order valence-electron chi connectivity index (χ2n) is 9.18. The number of carbonyl (C=O) groups is 4. The minimum atomic E-state index is -1.48. The van der Waals surface area contributed by atoms with E-state index in [1.807, 2.05) is 37.3 Å². The van der Waals surface area contributed by atoms with Crippen molar-refractivity contribution in [2.45, 2.75) is 37.8 Å². The fourth-order valence-corrected chi connectivity index (χ4v) is 6.01. The Hall–Kier alpha value is -3.23. The lowest BCUT2D eigenvalue weighted by molar-refractivity contribution is -0.143. The normalized spacial score (nSPS) is 27.3. The number of fused-ring (bicyclic) bond motifs is 4. The Morgan fingerprint density at radius 3 is 2.59 bits per heavy atom. The highest BCUT2D eigenvalue weighted by molar-refractivity contribution is 6.35. The van der Waals surface area contributed by atoms with E-state index >= 15 is 0 Å². The Labute approximate surface area is 201 Å². The van der Waals surface area contributed by atoms with Crippen LogP contribution in [0.2, 0.25) is 5.02 Å². The lowest BCUT2D eigenvalue weighted by Crippen LogP contribution is -2.53. The molecule has 3 aliphatic heterocycles. The van der Waals surface area contributed by atoms with E-state index in [0.717, 1.165) is 11.1 Å². The highest BCUT2D eigenvalue weighted by Crippen LogP contribution is 2.54. The van der Waals surface area contributed by atoms with Gasteiger partial charge in [0.2, 0.25) is 17.7 Å². The van der Waals surface area contributed by atoms with Gasteiger partial charge in [0.25, 0.3) is 0 Å².